The first kappa shape index (κ1) is 16.6. The first-order valence-electron chi connectivity index (χ1n) is 8.25. The van der Waals surface area contributed by atoms with Crippen LogP contribution in [0.3, 0.4) is 0 Å². The molecule has 0 aliphatic carbocycles. The van der Waals surface area contributed by atoms with Crippen molar-refractivity contribution in [2.45, 2.75) is 6.42 Å². The summed E-state index contributed by atoms with van der Waals surface area (Å²) < 4.78 is 0. The molecule has 2 N–H and O–H groups in total. The van der Waals surface area contributed by atoms with E-state index >= 15 is 0 Å². The Morgan fingerprint density at radius 1 is 1.17 bits per heavy atom. The lowest BCUT2D eigenvalue weighted by Gasteiger charge is -2.27. The number of hydrogen-bond acceptors (Lipinski definition) is 5. The van der Waals surface area contributed by atoms with E-state index in [1.54, 1.807) is 12.1 Å². The summed E-state index contributed by atoms with van der Waals surface area (Å²) in [5.41, 5.74) is 1.07. The summed E-state index contributed by atoms with van der Waals surface area (Å²) >= 11 is 0. The lowest BCUT2D eigenvalue weighted by molar-refractivity contribution is 0.0693. The van der Waals surface area contributed by atoms with Gasteiger partial charge in [-0.25, -0.2) is 0 Å². The van der Waals surface area contributed by atoms with Crippen molar-refractivity contribution >= 4 is 17.7 Å². The fourth-order valence-electron chi connectivity index (χ4n) is 3.04. The minimum Gasteiger partial charge on any atom is -0.352 e. The third-order valence-corrected chi connectivity index (χ3v) is 4.50. The molecule has 2 heterocycles. The highest BCUT2D eigenvalue weighted by Gasteiger charge is 2.33. The summed E-state index contributed by atoms with van der Waals surface area (Å²) in [6.07, 6.45) is 0.886. The third-order valence-electron chi connectivity index (χ3n) is 4.50. The van der Waals surface area contributed by atoms with Crippen molar-refractivity contribution in [3.05, 3.63) is 34.9 Å². The van der Waals surface area contributed by atoms with Gasteiger partial charge in [0.05, 0.1) is 11.1 Å². The van der Waals surface area contributed by atoms with Crippen LogP contribution in [0, 0.1) is 0 Å². The lowest BCUT2D eigenvalue weighted by atomic mass is 10.1. The van der Waals surface area contributed by atoms with Crippen molar-refractivity contribution in [2.75, 3.05) is 46.3 Å². The standard InChI is InChI=1S/C17H22N4O3/c1-20-16(23)13-4-3-12(11-14(13)17(20)24)15(22)19-5-2-8-21-9-6-18-7-10-21/h3-4,11,18H,2,5-10H2,1H3,(H,19,22). The number of carbonyl (C=O) groups excluding carboxylic acids is 3. The maximum Gasteiger partial charge on any atom is 0.261 e. The molecule has 2 aliphatic heterocycles. The molecule has 3 rings (SSSR count). The molecule has 0 unspecified atom stereocenters. The van der Waals surface area contributed by atoms with E-state index < -0.39 is 0 Å². The van der Waals surface area contributed by atoms with Gasteiger partial charge in [-0.3, -0.25) is 19.3 Å². The number of nitrogens with one attached hydrogen (secondary N) is 2. The van der Waals surface area contributed by atoms with Crippen molar-refractivity contribution < 1.29 is 14.4 Å². The molecule has 7 nitrogen and oxygen atoms in total. The first-order chi connectivity index (χ1) is 11.6. The quantitative estimate of drug-likeness (QED) is 0.584. The molecule has 1 saturated heterocycles. The molecule has 0 bridgehead atoms. The van der Waals surface area contributed by atoms with Crippen molar-refractivity contribution in [3.8, 4) is 0 Å². The molecule has 128 valence electrons. The number of rotatable bonds is 5. The van der Waals surface area contributed by atoms with Gasteiger partial charge in [-0.2, -0.15) is 0 Å². The SMILES string of the molecule is CN1C(=O)c2ccc(C(=O)NCCCN3CCNCC3)cc2C1=O. The summed E-state index contributed by atoms with van der Waals surface area (Å²) in [4.78, 5) is 39.5. The molecule has 0 aromatic heterocycles. The minimum atomic E-state index is -0.358. The molecule has 1 aromatic carbocycles. The Labute approximate surface area is 141 Å². The fraction of sp³-hybridized carbons (Fsp3) is 0.471. The van der Waals surface area contributed by atoms with Crippen LogP contribution >= 0.6 is 0 Å². The zero-order chi connectivity index (χ0) is 17.1. The molecule has 24 heavy (non-hydrogen) atoms. The highest BCUT2D eigenvalue weighted by atomic mass is 16.2. The second-order valence-corrected chi connectivity index (χ2v) is 6.13. The van der Waals surface area contributed by atoms with E-state index in [-0.39, 0.29) is 17.7 Å². The van der Waals surface area contributed by atoms with E-state index in [0.29, 0.717) is 23.2 Å². The van der Waals surface area contributed by atoms with Gasteiger partial charge in [-0.05, 0) is 31.2 Å². The van der Waals surface area contributed by atoms with Crippen LogP contribution in [0.15, 0.2) is 18.2 Å². The number of benzene rings is 1. The molecular formula is C17H22N4O3. The molecule has 1 fully saturated rings. The number of amides is 3. The average molecular weight is 330 g/mol. The summed E-state index contributed by atoms with van der Waals surface area (Å²) in [5.74, 6) is -0.894. The second-order valence-electron chi connectivity index (χ2n) is 6.13. The van der Waals surface area contributed by atoms with E-state index in [0.717, 1.165) is 44.0 Å². The number of fused-ring (bicyclic) bond motifs is 1. The topological polar surface area (TPSA) is 81.8 Å². The van der Waals surface area contributed by atoms with Gasteiger partial charge in [0.2, 0.25) is 0 Å². The van der Waals surface area contributed by atoms with E-state index in [1.807, 2.05) is 0 Å². The number of hydrogen-bond donors (Lipinski definition) is 2. The summed E-state index contributed by atoms with van der Waals surface area (Å²) in [7, 11) is 1.44. The van der Waals surface area contributed by atoms with Crippen molar-refractivity contribution in [1.82, 2.24) is 20.4 Å². The van der Waals surface area contributed by atoms with Gasteiger partial charge in [0.1, 0.15) is 0 Å². The van der Waals surface area contributed by atoms with Crippen molar-refractivity contribution in [3.63, 3.8) is 0 Å². The van der Waals surface area contributed by atoms with Crippen LogP contribution in [0.4, 0.5) is 0 Å². The van der Waals surface area contributed by atoms with Crippen LogP contribution in [0.25, 0.3) is 0 Å². The lowest BCUT2D eigenvalue weighted by Crippen LogP contribution is -2.44. The van der Waals surface area contributed by atoms with E-state index in [4.69, 9.17) is 0 Å². The largest absolute Gasteiger partial charge is 0.352 e. The Bertz CT molecular complexity index is 668. The average Bonchev–Trinajstić information content (AvgIpc) is 2.83. The Balaban J connectivity index is 1.52. The van der Waals surface area contributed by atoms with Gasteiger partial charge in [0, 0.05) is 45.3 Å². The van der Waals surface area contributed by atoms with Crippen LogP contribution in [-0.4, -0.2) is 73.8 Å². The van der Waals surface area contributed by atoms with Gasteiger partial charge in [0.15, 0.2) is 0 Å². The van der Waals surface area contributed by atoms with Crippen LogP contribution in [0.1, 0.15) is 37.5 Å². The van der Waals surface area contributed by atoms with Gasteiger partial charge >= 0.3 is 0 Å². The van der Waals surface area contributed by atoms with Crippen LogP contribution in [-0.2, 0) is 0 Å². The fourth-order valence-corrected chi connectivity index (χ4v) is 3.04. The van der Waals surface area contributed by atoms with Crippen LogP contribution in [0.5, 0.6) is 0 Å². The number of nitrogens with zero attached hydrogens (tertiary/aromatic N) is 2. The second kappa shape index (κ2) is 7.11. The Kier molecular flexibility index (Phi) is 4.92. The summed E-state index contributed by atoms with van der Waals surface area (Å²) in [6.45, 7) is 5.67. The van der Waals surface area contributed by atoms with Crippen LogP contribution in [0.2, 0.25) is 0 Å². The maximum atomic E-state index is 12.2. The van der Waals surface area contributed by atoms with Gasteiger partial charge in [-0.1, -0.05) is 0 Å². The zero-order valence-corrected chi connectivity index (χ0v) is 13.8. The van der Waals surface area contributed by atoms with Gasteiger partial charge in [0.25, 0.3) is 17.7 Å². The minimum absolute atomic E-state index is 0.215. The predicted molar refractivity (Wildman–Crippen MR) is 89.1 cm³/mol. The maximum absolute atomic E-state index is 12.2. The van der Waals surface area contributed by atoms with E-state index in [1.165, 1.54) is 13.1 Å². The first-order valence-corrected chi connectivity index (χ1v) is 8.25. The van der Waals surface area contributed by atoms with Crippen molar-refractivity contribution in [1.29, 1.82) is 0 Å². The predicted octanol–water partition coefficient (Wildman–Crippen LogP) is -0.0625. The number of imide groups is 1. The number of piperazine rings is 1. The molecule has 0 atom stereocenters. The summed E-state index contributed by atoms with van der Waals surface area (Å²) in [5, 5.41) is 6.18. The molecule has 2 aliphatic rings. The molecule has 0 radical (unpaired) electrons. The van der Waals surface area contributed by atoms with E-state index in [2.05, 4.69) is 15.5 Å². The summed E-state index contributed by atoms with van der Waals surface area (Å²) in [6, 6.07) is 4.65. The Morgan fingerprint density at radius 2 is 1.88 bits per heavy atom. The zero-order valence-electron chi connectivity index (χ0n) is 13.8. The highest BCUT2D eigenvalue weighted by molar-refractivity contribution is 6.21. The third kappa shape index (κ3) is 3.32. The monoisotopic (exact) mass is 330 g/mol. The molecule has 3 amide bonds. The molecule has 0 saturated carbocycles. The Hall–Kier alpha value is -2.25. The highest BCUT2D eigenvalue weighted by Crippen LogP contribution is 2.22. The molecule has 7 heteroatoms. The van der Waals surface area contributed by atoms with Crippen molar-refractivity contribution in [2.24, 2.45) is 0 Å². The normalized spacial score (nSPS) is 18.0. The van der Waals surface area contributed by atoms with E-state index in [9.17, 15) is 14.4 Å². The van der Waals surface area contributed by atoms with Gasteiger partial charge in [-0.15, -0.1) is 0 Å². The molecular weight excluding hydrogens is 308 g/mol. The Morgan fingerprint density at radius 3 is 2.62 bits per heavy atom. The van der Waals surface area contributed by atoms with Crippen LogP contribution < -0.4 is 10.6 Å². The number of carbonyl (C=O) groups is 3. The molecule has 0 spiro atoms. The smallest absolute Gasteiger partial charge is 0.261 e. The molecule has 1 aromatic rings. The van der Waals surface area contributed by atoms with Gasteiger partial charge < -0.3 is 15.5 Å².